The van der Waals surface area contributed by atoms with Gasteiger partial charge in [0, 0.05) is 0 Å². The number of hydrogen-bond acceptors (Lipinski definition) is 7. The van der Waals surface area contributed by atoms with Crippen molar-refractivity contribution in [3.8, 4) is 0 Å². The van der Waals surface area contributed by atoms with Gasteiger partial charge in [0.05, 0.1) is 13.2 Å². The Hall–Kier alpha value is -0.280. The van der Waals surface area contributed by atoms with Crippen LogP contribution in [0.4, 0.5) is 0 Å². The molecule has 86 valence electrons. The Bertz CT molecular complexity index is 137. The van der Waals surface area contributed by atoms with Gasteiger partial charge in [-0.3, -0.25) is 0 Å². The topological polar surface area (TPSA) is 142 Å². The SMILES string of the molecule is OC[C@@H](O)[C@@H](O)C(O)[C@@H](O)[C@@H](O)CO. The first-order chi connectivity index (χ1) is 6.45. The molecule has 0 saturated carbocycles. The zero-order valence-electron chi connectivity index (χ0n) is 7.43. The van der Waals surface area contributed by atoms with E-state index in [1.165, 1.54) is 0 Å². The lowest BCUT2D eigenvalue weighted by Crippen LogP contribution is -2.50. The minimum absolute atomic E-state index is 0.792. The second-order valence-corrected chi connectivity index (χ2v) is 2.97. The van der Waals surface area contributed by atoms with Crippen molar-refractivity contribution < 1.29 is 35.7 Å². The van der Waals surface area contributed by atoms with Crippen LogP contribution in [0.15, 0.2) is 0 Å². The standard InChI is InChI=1S/C7H16O7/c8-1-3(10)5(12)7(14)6(13)4(11)2-9/h3-14H,1-2H2/t3-,4+,5-,6+,7?. The summed E-state index contributed by atoms with van der Waals surface area (Å²) in [6, 6.07) is 0. The first-order valence-electron chi connectivity index (χ1n) is 4.07. The highest BCUT2D eigenvalue weighted by molar-refractivity contribution is 4.84. The van der Waals surface area contributed by atoms with E-state index >= 15 is 0 Å². The molecule has 0 saturated heterocycles. The summed E-state index contributed by atoms with van der Waals surface area (Å²) < 4.78 is 0. The van der Waals surface area contributed by atoms with Crippen LogP contribution in [0.25, 0.3) is 0 Å². The average Bonchev–Trinajstić information content (AvgIpc) is 2.23. The lowest BCUT2D eigenvalue weighted by atomic mass is 10.00. The van der Waals surface area contributed by atoms with Gasteiger partial charge < -0.3 is 35.7 Å². The van der Waals surface area contributed by atoms with E-state index in [0.717, 1.165) is 0 Å². The zero-order chi connectivity index (χ0) is 11.3. The molecule has 7 nitrogen and oxygen atoms in total. The van der Waals surface area contributed by atoms with Gasteiger partial charge in [-0.15, -0.1) is 0 Å². The second-order valence-electron chi connectivity index (χ2n) is 2.97. The molecule has 0 aliphatic rings. The molecule has 1 unspecified atom stereocenters. The van der Waals surface area contributed by atoms with Crippen molar-refractivity contribution in [3.05, 3.63) is 0 Å². The van der Waals surface area contributed by atoms with Crippen LogP contribution in [0.1, 0.15) is 0 Å². The number of aliphatic hydroxyl groups is 7. The Morgan fingerprint density at radius 3 is 1.07 bits per heavy atom. The van der Waals surface area contributed by atoms with Crippen molar-refractivity contribution >= 4 is 0 Å². The summed E-state index contributed by atoms with van der Waals surface area (Å²) in [5, 5.41) is 61.9. The normalized spacial score (nSPS) is 22.5. The van der Waals surface area contributed by atoms with E-state index in [9.17, 15) is 0 Å². The molecule has 0 rings (SSSR count). The molecule has 0 aliphatic heterocycles. The highest BCUT2D eigenvalue weighted by atomic mass is 16.4. The van der Waals surface area contributed by atoms with Gasteiger partial charge >= 0.3 is 0 Å². The zero-order valence-corrected chi connectivity index (χ0v) is 7.43. The van der Waals surface area contributed by atoms with Crippen LogP contribution in [0.5, 0.6) is 0 Å². The highest BCUT2D eigenvalue weighted by Gasteiger charge is 2.33. The monoisotopic (exact) mass is 212 g/mol. The van der Waals surface area contributed by atoms with E-state index < -0.39 is 43.7 Å². The summed E-state index contributed by atoms with van der Waals surface area (Å²) in [4.78, 5) is 0. The molecule has 0 heterocycles. The van der Waals surface area contributed by atoms with E-state index in [1.54, 1.807) is 0 Å². The maximum absolute atomic E-state index is 9.15. The first kappa shape index (κ1) is 13.7. The molecule has 5 atom stereocenters. The lowest BCUT2D eigenvalue weighted by Gasteiger charge is -2.27. The Morgan fingerprint density at radius 1 is 0.571 bits per heavy atom. The van der Waals surface area contributed by atoms with Crippen molar-refractivity contribution in [2.24, 2.45) is 0 Å². The molecule has 0 aromatic rings. The van der Waals surface area contributed by atoms with Crippen LogP contribution < -0.4 is 0 Å². The Balaban J connectivity index is 4.22. The molecule has 0 aromatic carbocycles. The Labute approximate surface area is 80.5 Å². The smallest absolute Gasteiger partial charge is 0.111 e. The number of rotatable bonds is 6. The fourth-order valence-electron chi connectivity index (χ4n) is 0.873. The molecule has 14 heavy (non-hydrogen) atoms. The summed E-state index contributed by atoms with van der Waals surface area (Å²) in [5.41, 5.74) is 0. The molecule has 0 aromatic heterocycles. The molecule has 7 N–H and O–H groups in total. The molecule has 0 amide bonds. The van der Waals surface area contributed by atoms with Crippen molar-refractivity contribution in [2.75, 3.05) is 13.2 Å². The summed E-state index contributed by atoms with van der Waals surface area (Å²) in [6.45, 7) is -1.58. The summed E-state index contributed by atoms with van der Waals surface area (Å²) >= 11 is 0. The van der Waals surface area contributed by atoms with Crippen molar-refractivity contribution in [3.63, 3.8) is 0 Å². The third-order valence-electron chi connectivity index (χ3n) is 1.86. The molecule has 0 spiro atoms. The molecule has 0 radical (unpaired) electrons. The average molecular weight is 212 g/mol. The fourth-order valence-corrected chi connectivity index (χ4v) is 0.873. The van der Waals surface area contributed by atoms with Crippen LogP contribution in [-0.2, 0) is 0 Å². The maximum Gasteiger partial charge on any atom is 0.111 e. The second kappa shape index (κ2) is 6.25. The fraction of sp³-hybridized carbons (Fsp3) is 1.00. The number of hydrogen-bond donors (Lipinski definition) is 7. The van der Waals surface area contributed by atoms with Crippen molar-refractivity contribution in [2.45, 2.75) is 30.5 Å². The van der Waals surface area contributed by atoms with Gasteiger partial charge in [0.2, 0.25) is 0 Å². The van der Waals surface area contributed by atoms with E-state index in [4.69, 9.17) is 35.7 Å². The Kier molecular flexibility index (Phi) is 6.12. The molecule has 0 bridgehead atoms. The van der Waals surface area contributed by atoms with Crippen LogP contribution in [0.3, 0.4) is 0 Å². The van der Waals surface area contributed by atoms with E-state index in [-0.39, 0.29) is 0 Å². The van der Waals surface area contributed by atoms with Crippen LogP contribution in [0.2, 0.25) is 0 Å². The predicted octanol–water partition coefficient (Wildman–Crippen LogP) is -4.22. The van der Waals surface area contributed by atoms with Crippen LogP contribution in [-0.4, -0.2) is 79.5 Å². The van der Waals surface area contributed by atoms with Crippen LogP contribution >= 0.6 is 0 Å². The third kappa shape index (κ3) is 3.46. The molecule has 0 fully saturated rings. The van der Waals surface area contributed by atoms with Gasteiger partial charge in [-0.25, -0.2) is 0 Å². The maximum atomic E-state index is 9.15. The third-order valence-corrected chi connectivity index (χ3v) is 1.86. The molecular formula is C7H16O7. The van der Waals surface area contributed by atoms with Gasteiger partial charge in [0.1, 0.15) is 30.5 Å². The molecule has 0 aliphatic carbocycles. The minimum Gasteiger partial charge on any atom is -0.394 e. The highest BCUT2D eigenvalue weighted by Crippen LogP contribution is 2.07. The van der Waals surface area contributed by atoms with E-state index in [0.29, 0.717) is 0 Å². The predicted molar refractivity (Wildman–Crippen MR) is 44.2 cm³/mol. The van der Waals surface area contributed by atoms with Gasteiger partial charge in [0.25, 0.3) is 0 Å². The largest absolute Gasteiger partial charge is 0.394 e. The molecule has 7 heteroatoms. The quantitative estimate of drug-likeness (QED) is 0.236. The van der Waals surface area contributed by atoms with E-state index in [2.05, 4.69) is 0 Å². The van der Waals surface area contributed by atoms with Gasteiger partial charge in [-0.1, -0.05) is 0 Å². The lowest BCUT2D eigenvalue weighted by molar-refractivity contribution is -0.145. The van der Waals surface area contributed by atoms with Gasteiger partial charge in [0.15, 0.2) is 0 Å². The number of aliphatic hydroxyl groups excluding tert-OH is 7. The summed E-state index contributed by atoms with van der Waals surface area (Å²) in [6.07, 6.45) is -8.68. The first-order valence-corrected chi connectivity index (χ1v) is 4.07. The van der Waals surface area contributed by atoms with Crippen molar-refractivity contribution in [1.82, 2.24) is 0 Å². The minimum atomic E-state index is -1.85. The van der Waals surface area contributed by atoms with E-state index in [1.807, 2.05) is 0 Å². The van der Waals surface area contributed by atoms with Gasteiger partial charge in [-0.2, -0.15) is 0 Å². The summed E-state index contributed by atoms with van der Waals surface area (Å²) in [7, 11) is 0. The molecular weight excluding hydrogens is 196 g/mol. The van der Waals surface area contributed by atoms with Crippen LogP contribution in [0, 0.1) is 0 Å². The van der Waals surface area contributed by atoms with Gasteiger partial charge in [-0.05, 0) is 0 Å². The summed E-state index contributed by atoms with van der Waals surface area (Å²) in [5.74, 6) is 0. The van der Waals surface area contributed by atoms with Crippen molar-refractivity contribution in [1.29, 1.82) is 0 Å². The Morgan fingerprint density at radius 2 is 0.857 bits per heavy atom.